The number of rotatable bonds is 4. The van der Waals surface area contributed by atoms with Gasteiger partial charge in [0.2, 0.25) is 0 Å². The molecule has 120 valence electrons. The zero-order valence-electron chi connectivity index (χ0n) is 12.0. The van der Waals surface area contributed by atoms with Gasteiger partial charge < -0.3 is 10.1 Å². The third-order valence-electron chi connectivity index (χ3n) is 3.05. The van der Waals surface area contributed by atoms with Gasteiger partial charge in [0.1, 0.15) is 0 Å². The van der Waals surface area contributed by atoms with Crippen molar-refractivity contribution in [3.8, 4) is 17.0 Å². The number of benzene rings is 2. The standard InChI is InChI=1S/C16H12BrFN2OS.BrH/c1-21-15-7-2-10(8-13(15)18)14-9-22-16(20-14)19-12-5-3-11(17)4-6-12;/h2-9H,1H3,(H,19,20);1H. The molecule has 3 aromatic rings. The second-order valence-corrected chi connectivity index (χ2v) is 6.29. The number of anilines is 2. The summed E-state index contributed by atoms with van der Waals surface area (Å²) in [6, 6.07) is 12.6. The van der Waals surface area contributed by atoms with E-state index in [2.05, 4.69) is 26.2 Å². The van der Waals surface area contributed by atoms with E-state index in [1.807, 2.05) is 29.6 Å². The van der Waals surface area contributed by atoms with E-state index in [1.54, 1.807) is 12.1 Å². The first kappa shape index (κ1) is 17.9. The molecule has 0 spiro atoms. The molecule has 0 aliphatic rings. The summed E-state index contributed by atoms with van der Waals surface area (Å²) in [5.41, 5.74) is 2.40. The zero-order valence-corrected chi connectivity index (χ0v) is 16.2. The van der Waals surface area contributed by atoms with E-state index >= 15 is 0 Å². The van der Waals surface area contributed by atoms with Crippen LogP contribution in [0.4, 0.5) is 15.2 Å². The number of nitrogens with one attached hydrogen (secondary N) is 1. The van der Waals surface area contributed by atoms with E-state index in [0.29, 0.717) is 0 Å². The highest BCUT2D eigenvalue weighted by molar-refractivity contribution is 9.10. The Morgan fingerprint density at radius 1 is 1.17 bits per heavy atom. The molecule has 0 saturated heterocycles. The van der Waals surface area contributed by atoms with Crippen LogP contribution in [0.3, 0.4) is 0 Å². The quantitative estimate of drug-likeness (QED) is 0.516. The third kappa shape index (κ3) is 4.31. The van der Waals surface area contributed by atoms with E-state index in [1.165, 1.54) is 24.5 Å². The fourth-order valence-electron chi connectivity index (χ4n) is 1.95. The lowest BCUT2D eigenvalue weighted by Gasteiger charge is -2.03. The minimum absolute atomic E-state index is 0. The molecule has 1 N–H and O–H groups in total. The lowest BCUT2D eigenvalue weighted by Crippen LogP contribution is -1.90. The van der Waals surface area contributed by atoms with Crippen molar-refractivity contribution in [3.05, 3.63) is 58.1 Å². The molecule has 7 heteroatoms. The summed E-state index contributed by atoms with van der Waals surface area (Å²) in [4.78, 5) is 4.48. The highest BCUT2D eigenvalue weighted by Crippen LogP contribution is 2.30. The van der Waals surface area contributed by atoms with E-state index in [4.69, 9.17) is 4.74 Å². The molecule has 0 atom stereocenters. The predicted octanol–water partition coefficient (Wildman–Crippen LogP) is 6.04. The van der Waals surface area contributed by atoms with Crippen molar-refractivity contribution in [2.45, 2.75) is 0 Å². The predicted molar refractivity (Wildman–Crippen MR) is 102 cm³/mol. The molecular formula is C16H13Br2FN2OS. The number of aromatic nitrogens is 1. The molecule has 0 bridgehead atoms. The molecular weight excluding hydrogens is 447 g/mol. The van der Waals surface area contributed by atoms with Crippen LogP contribution in [0.15, 0.2) is 52.3 Å². The van der Waals surface area contributed by atoms with E-state index in [9.17, 15) is 4.39 Å². The van der Waals surface area contributed by atoms with Crippen LogP contribution in [0.5, 0.6) is 5.75 Å². The molecule has 3 nitrogen and oxygen atoms in total. The van der Waals surface area contributed by atoms with Crippen molar-refractivity contribution in [2.24, 2.45) is 0 Å². The van der Waals surface area contributed by atoms with Crippen LogP contribution in [0.1, 0.15) is 0 Å². The number of hydrogen-bond acceptors (Lipinski definition) is 4. The van der Waals surface area contributed by atoms with Gasteiger partial charge in [0.15, 0.2) is 16.7 Å². The molecule has 23 heavy (non-hydrogen) atoms. The van der Waals surface area contributed by atoms with E-state index in [-0.39, 0.29) is 22.7 Å². The summed E-state index contributed by atoms with van der Waals surface area (Å²) in [5.74, 6) is -0.164. The largest absolute Gasteiger partial charge is 0.494 e. The molecule has 0 saturated carbocycles. The molecule has 0 fully saturated rings. The molecule has 0 aliphatic heterocycles. The van der Waals surface area contributed by atoms with Crippen molar-refractivity contribution in [1.29, 1.82) is 0 Å². The summed E-state index contributed by atoms with van der Waals surface area (Å²) in [5, 5.41) is 5.88. The molecule has 0 unspecified atom stereocenters. The van der Waals surface area contributed by atoms with Crippen LogP contribution >= 0.6 is 44.2 Å². The summed E-state index contributed by atoms with van der Waals surface area (Å²) in [6.45, 7) is 0. The zero-order chi connectivity index (χ0) is 15.5. The van der Waals surface area contributed by atoms with Crippen LogP contribution in [0.2, 0.25) is 0 Å². The Labute approximate surface area is 156 Å². The third-order valence-corrected chi connectivity index (χ3v) is 4.33. The minimum atomic E-state index is -0.393. The van der Waals surface area contributed by atoms with E-state index in [0.717, 1.165) is 26.5 Å². The molecule has 3 rings (SSSR count). The van der Waals surface area contributed by atoms with Crippen LogP contribution < -0.4 is 10.1 Å². The van der Waals surface area contributed by atoms with Gasteiger partial charge in [-0.25, -0.2) is 9.37 Å². The maximum Gasteiger partial charge on any atom is 0.187 e. The average Bonchev–Trinajstić information content (AvgIpc) is 2.98. The second kappa shape index (κ2) is 7.90. The van der Waals surface area contributed by atoms with Crippen LogP contribution in [-0.4, -0.2) is 12.1 Å². The van der Waals surface area contributed by atoms with Crippen molar-refractivity contribution in [1.82, 2.24) is 4.98 Å². The van der Waals surface area contributed by atoms with Crippen LogP contribution in [-0.2, 0) is 0 Å². The monoisotopic (exact) mass is 458 g/mol. The topological polar surface area (TPSA) is 34.1 Å². The van der Waals surface area contributed by atoms with Gasteiger partial charge in [-0.1, -0.05) is 15.9 Å². The highest BCUT2D eigenvalue weighted by atomic mass is 79.9. The molecule has 0 radical (unpaired) electrons. The Morgan fingerprint density at radius 2 is 1.91 bits per heavy atom. The first-order valence-electron chi connectivity index (χ1n) is 6.48. The minimum Gasteiger partial charge on any atom is -0.494 e. The fraction of sp³-hybridized carbons (Fsp3) is 0.0625. The average molecular weight is 460 g/mol. The van der Waals surface area contributed by atoms with Crippen LogP contribution in [0.25, 0.3) is 11.3 Å². The molecule has 2 aromatic carbocycles. The number of halogens is 3. The number of nitrogens with zero attached hydrogens (tertiary/aromatic N) is 1. The van der Waals surface area contributed by atoms with Gasteiger partial charge in [-0.15, -0.1) is 28.3 Å². The number of thiazole rings is 1. The van der Waals surface area contributed by atoms with E-state index < -0.39 is 5.82 Å². The van der Waals surface area contributed by atoms with Crippen molar-refractivity contribution in [3.63, 3.8) is 0 Å². The maximum atomic E-state index is 13.8. The summed E-state index contributed by atoms with van der Waals surface area (Å²) < 4.78 is 19.7. The Kier molecular flexibility index (Phi) is 6.15. The number of ether oxygens (including phenoxy) is 1. The summed E-state index contributed by atoms with van der Waals surface area (Å²) >= 11 is 4.87. The molecule has 1 aromatic heterocycles. The Hall–Kier alpha value is -1.44. The summed E-state index contributed by atoms with van der Waals surface area (Å²) in [7, 11) is 1.45. The smallest absolute Gasteiger partial charge is 0.187 e. The van der Waals surface area contributed by atoms with Gasteiger partial charge in [0.25, 0.3) is 0 Å². The molecule has 1 heterocycles. The van der Waals surface area contributed by atoms with Crippen molar-refractivity contribution >= 4 is 55.1 Å². The number of hydrogen-bond donors (Lipinski definition) is 1. The summed E-state index contributed by atoms with van der Waals surface area (Å²) in [6.07, 6.45) is 0. The second-order valence-electron chi connectivity index (χ2n) is 4.52. The Bertz CT molecular complexity index is 793. The number of methoxy groups -OCH3 is 1. The fourth-order valence-corrected chi connectivity index (χ4v) is 2.95. The SMILES string of the molecule is Br.COc1ccc(-c2csc(Nc3ccc(Br)cc3)n2)cc1F. The lowest BCUT2D eigenvalue weighted by molar-refractivity contribution is 0.386. The van der Waals surface area contributed by atoms with Gasteiger partial charge in [0.05, 0.1) is 12.8 Å². The Balaban J connectivity index is 0.00000192. The van der Waals surface area contributed by atoms with Gasteiger partial charge in [-0.2, -0.15) is 0 Å². The lowest BCUT2D eigenvalue weighted by atomic mass is 10.1. The highest BCUT2D eigenvalue weighted by Gasteiger charge is 2.09. The van der Waals surface area contributed by atoms with Gasteiger partial charge in [0, 0.05) is 21.1 Å². The molecule has 0 aliphatic carbocycles. The van der Waals surface area contributed by atoms with Crippen molar-refractivity contribution < 1.29 is 9.13 Å². The van der Waals surface area contributed by atoms with Gasteiger partial charge >= 0.3 is 0 Å². The van der Waals surface area contributed by atoms with Crippen LogP contribution in [0, 0.1) is 5.82 Å². The molecule has 0 amide bonds. The van der Waals surface area contributed by atoms with Crippen molar-refractivity contribution in [2.75, 3.05) is 12.4 Å². The first-order chi connectivity index (χ1) is 10.7. The first-order valence-corrected chi connectivity index (χ1v) is 8.15. The maximum absolute atomic E-state index is 13.8. The van der Waals surface area contributed by atoms with Gasteiger partial charge in [-0.3, -0.25) is 0 Å². The normalized spacial score (nSPS) is 10.0. The Morgan fingerprint density at radius 3 is 2.57 bits per heavy atom. The van der Waals surface area contributed by atoms with Gasteiger partial charge in [-0.05, 0) is 42.5 Å².